The molecule has 1 unspecified atom stereocenters. The van der Waals surface area contributed by atoms with E-state index in [4.69, 9.17) is 0 Å². The number of fused-ring (bicyclic) bond motifs is 1. The molecule has 1 amide bonds. The van der Waals surface area contributed by atoms with Crippen molar-refractivity contribution in [3.63, 3.8) is 0 Å². The molecule has 1 atom stereocenters. The molecule has 26 heavy (non-hydrogen) atoms. The molecule has 2 aliphatic rings. The third-order valence-corrected chi connectivity index (χ3v) is 7.21. The highest BCUT2D eigenvalue weighted by Gasteiger charge is 2.34. The zero-order chi connectivity index (χ0) is 18.1. The van der Waals surface area contributed by atoms with Gasteiger partial charge in [0.1, 0.15) is 0 Å². The highest BCUT2D eigenvalue weighted by molar-refractivity contribution is 7.91. The Hall–Kier alpha value is -1.99. The standard InChI is InChI=1S/C19H23N3O3S/c23-19(15-3-4-18-14(12-15)2-1-8-20-18)21-16-5-9-22(10-6-16)17-7-11-26(24,25)13-17/h1-4,8,12,16-17H,5-7,9-11,13H2,(H,21,23). The topological polar surface area (TPSA) is 79.4 Å². The number of nitrogens with zero attached hydrogens (tertiary/aromatic N) is 2. The lowest BCUT2D eigenvalue weighted by Crippen LogP contribution is -2.48. The van der Waals surface area contributed by atoms with Crippen LogP contribution in [0.2, 0.25) is 0 Å². The Morgan fingerprint density at radius 1 is 1.15 bits per heavy atom. The van der Waals surface area contributed by atoms with Crippen molar-refractivity contribution in [1.29, 1.82) is 0 Å². The molecule has 1 aromatic carbocycles. The summed E-state index contributed by atoms with van der Waals surface area (Å²) in [4.78, 5) is 19.1. The maximum atomic E-state index is 12.6. The summed E-state index contributed by atoms with van der Waals surface area (Å²) in [5.41, 5.74) is 1.53. The van der Waals surface area contributed by atoms with Gasteiger partial charge in [0.2, 0.25) is 0 Å². The van der Waals surface area contributed by atoms with Crippen molar-refractivity contribution in [2.75, 3.05) is 24.6 Å². The first-order chi connectivity index (χ1) is 12.5. The third kappa shape index (κ3) is 3.73. The lowest BCUT2D eigenvalue weighted by molar-refractivity contribution is 0.0898. The molecule has 0 bridgehead atoms. The van der Waals surface area contributed by atoms with Gasteiger partial charge in [-0.15, -0.1) is 0 Å². The first-order valence-electron chi connectivity index (χ1n) is 9.10. The maximum absolute atomic E-state index is 12.6. The van der Waals surface area contributed by atoms with Crippen molar-refractivity contribution < 1.29 is 13.2 Å². The molecule has 1 N–H and O–H groups in total. The summed E-state index contributed by atoms with van der Waals surface area (Å²) >= 11 is 0. The Labute approximate surface area is 153 Å². The van der Waals surface area contributed by atoms with Crippen LogP contribution in [0.25, 0.3) is 10.9 Å². The van der Waals surface area contributed by atoms with Crippen molar-refractivity contribution in [3.8, 4) is 0 Å². The van der Waals surface area contributed by atoms with E-state index in [2.05, 4.69) is 15.2 Å². The van der Waals surface area contributed by atoms with Gasteiger partial charge >= 0.3 is 0 Å². The van der Waals surface area contributed by atoms with E-state index in [1.165, 1.54) is 0 Å². The van der Waals surface area contributed by atoms with Crippen LogP contribution in [0.15, 0.2) is 36.5 Å². The summed E-state index contributed by atoms with van der Waals surface area (Å²) in [6, 6.07) is 9.66. The highest BCUT2D eigenvalue weighted by atomic mass is 32.2. The second-order valence-electron chi connectivity index (χ2n) is 7.25. The van der Waals surface area contributed by atoms with Gasteiger partial charge < -0.3 is 5.32 Å². The molecule has 0 radical (unpaired) electrons. The molecule has 0 aliphatic carbocycles. The summed E-state index contributed by atoms with van der Waals surface area (Å²) in [5, 5.41) is 4.08. The average Bonchev–Trinajstić information content (AvgIpc) is 3.02. The molecule has 2 saturated heterocycles. The number of hydrogen-bond acceptors (Lipinski definition) is 5. The van der Waals surface area contributed by atoms with Crippen molar-refractivity contribution in [2.24, 2.45) is 0 Å². The monoisotopic (exact) mass is 373 g/mol. The van der Waals surface area contributed by atoms with Gasteiger partial charge in [-0.05, 0) is 43.5 Å². The number of pyridine rings is 1. The third-order valence-electron chi connectivity index (χ3n) is 5.45. The number of amides is 1. The molecule has 2 aliphatic heterocycles. The average molecular weight is 373 g/mol. The number of rotatable bonds is 3. The van der Waals surface area contributed by atoms with E-state index in [9.17, 15) is 13.2 Å². The quantitative estimate of drug-likeness (QED) is 0.884. The number of hydrogen-bond donors (Lipinski definition) is 1. The minimum atomic E-state index is -2.85. The molecule has 0 saturated carbocycles. The zero-order valence-electron chi connectivity index (χ0n) is 14.6. The second-order valence-corrected chi connectivity index (χ2v) is 9.48. The molecule has 6 nitrogen and oxygen atoms in total. The van der Waals surface area contributed by atoms with E-state index in [0.29, 0.717) is 11.3 Å². The number of nitrogens with one attached hydrogen (secondary N) is 1. The Balaban J connectivity index is 1.34. The fourth-order valence-corrected chi connectivity index (χ4v) is 5.72. The Kier molecular flexibility index (Phi) is 4.67. The van der Waals surface area contributed by atoms with Gasteiger partial charge in [0.05, 0.1) is 17.0 Å². The van der Waals surface area contributed by atoms with Crippen LogP contribution in [0.4, 0.5) is 0 Å². The molecule has 2 fully saturated rings. The van der Waals surface area contributed by atoms with E-state index in [1.807, 2.05) is 30.3 Å². The fraction of sp³-hybridized carbons (Fsp3) is 0.474. The van der Waals surface area contributed by atoms with E-state index >= 15 is 0 Å². The van der Waals surface area contributed by atoms with Crippen LogP contribution in [0.5, 0.6) is 0 Å². The van der Waals surface area contributed by atoms with E-state index in [0.717, 1.165) is 43.3 Å². The number of carbonyl (C=O) groups is 1. The first-order valence-corrected chi connectivity index (χ1v) is 10.9. The lowest BCUT2D eigenvalue weighted by atomic mass is 10.0. The summed E-state index contributed by atoms with van der Waals surface area (Å²) in [6.07, 6.45) is 4.20. The molecule has 138 valence electrons. The molecule has 2 aromatic rings. The van der Waals surface area contributed by atoms with E-state index in [1.54, 1.807) is 6.20 Å². The molecule has 1 aromatic heterocycles. The Bertz CT molecular complexity index is 921. The summed E-state index contributed by atoms with van der Waals surface area (Å²) in [6.45, 7) is 1.68. The van der Waals surface area contributed by atoms with Crippen LogP contribution in [0, 0.1) is 0 Å². The lowest BCUT2D eigenvalue weighted by Gasteiger charge is -2.35. The second kappa shape index (κ2) is 6.96. The summed E-state index contributed by atoms with van der Waals surface area (Å²) in [7, 11) is -2.85. The molecule has 0 spiro atoms. The van der Waals surface area contributed by atoms with Gasteiger partial charge in [-0.2, -0.15) is 0 Å². The van der Waals surface area contributed by atoms with Crippen LogP contribution in [0.3, 0.4) is 0 Å². The van der Waals surface area contributed by atoms with Crippen molar-refractivity contribution in [1.82, 2.24) is 15.2 Å². The van der Waals surface area contributed by atoms with Gasteiger partial charge in [0, 0.05) is 42.3 Å². The van der Waals surface area contributed by atoms with Gasteiger partial charge in [-0.25, -0.2) is 8.42 Å². The number of piperidine rings is 1. The van der Waals surface area contributed by atoms with Crippen LogP contribution in [0.1, 0.15) is 29.6 Å². The van der Waals surface area contributed by atoms with Gasteiger partial charge in [0.15, 0.2) is 9.84 Å². The van der Waals surface area contributed by atoms with Crippen molar-refractivity contribution >= 4 is 26.6 Å². The SMILES string of the molecule is O=C(NC1CCN(C2CCS(=O)(=O)C2)CC1)c1ccc2ncccc2c1. The largest absolute Gasteiger partial charge is 0.349 e. The maximum Gasteiger partial charge on any atom is 0.251 e. The number of aromatic nitrogens is 1. The number of sulfone groups is 1. The van der Waals surface area contributed by atoms with Crippen LogP contribution in [-0.4, -0.2) is 60.9 Å². The van der Waals surface area contributed by atoms with E-state index in [-0.39, 0.29) is 23.7 Å². The number of benzene rings is 1. The zero-order valence-corrected chi connectivity index (χ0v) is 15.4. The van der Waals surface area contributed by atoms with Crippen LogP contribution >= 0.6 is 0 Å². The minimum Gasteiger partial charge on any atom is -0.349 e. The fourth-order valence-electron chi connectivity index (χ4n) is 3.96. The number of carbonyl (C=O) groups excluding carboxylic acids is 1. The van der Waals surface area contributed by atoms with Gasteiger partial charge in [0.25, 0.3) is 5.91 Å². The molecule has 3 heterocycles. The minimum absolute atomic E-state index is 0.0577. The van der Waals surface area contributed by atoms with E-state index < -0.39 is 9.84 Å². The van der Waals surface area contributed by atoms with Crippen molar-refractivity contribution in [2.45, 2.75) is 31.3 Å². The smallest absolute Gasteiger partial charge is 0.251 e. The number of likely N-dealkylation sites (tertiary alicyclic amines) is 1. The predicted molar refractivity (Wildman–Crippen MR) is 101 cm³/mol. The molecular weight excluding hydrogens is 350 g/mol. The molecule has 4 rings (SSSR count). The van der Waals surface area contributed by atoms with Gasteiger partial charge in [-0.3, -0.25) is 14.7 Å². The molecular formula is C19H23N3O3S. The Morgan fingerprint density at radius 2 is 1.96 bits per heavy atom. The predicted octanol–water partition coefficient (Wildman–Crippen LogP) is 1.62. The highest BCUT2D eigenvalue weighted by Crippen LogP contribution is 2.22. The van der Waals surface area contributed by atoms with Crippen LogP contribution in [-0.2, 0) is 9.84 Å². The van der Waals surface area contributed by atoms with Gasteiger partial charge in [-0.1, -0.05) is 6.07 Å². The van der Waals surface area contributed by atoms with Crippen LogP contribution < -0.4 is 5.32 Å². The summed E-state index contributed by atoms with van der Waals surface area (Å²) in [5.74, 6) is 0.540. The molecule has 7 heteroatoms. The normalized spacial score (nSPS) is 23.9. The van der Waals surface area contributed by atoms with Crippen molar-refractivity contribution in [3.05, 3.63) is 42.1 Å². The first kappa shape index (κ1) is 17.4. The summed E-state index contributed by atoms with van der Waals surface area (Å²) < 4.78 is 23.3. The Morgan fingerprint density at radius 3 is 2.69 bits per heavy atom.